The summed E-state index contributed by atoms with van der Waals surface area (Å²) in [6, 6.07) is 2.76. The minimum atomic E-state index is -0.675. The first-order valence-corrected chi connectivity index (χ1v) is 6.17. The Bertz CT molecular complexity index is 695. The number of hydrogen-bond donors (Lipinski definition) is 2. The molecule has 104 valence electrons. The number of hydrogen-bond acceptors (Lipinski definition) is 6. The smallest absolute Gasteiger partial charge is 0.353 e. The van der Waals surface area contributed by atoms with Crippen molar-refractivity contribution in [2.75, 3.05) is 11.1 Å². The number of rotatable bonds is 3. The van der Waals surface area contributed by atoms with Gasteiger partial charge in [0.2, 0.25) is 11.6 Å². The molecule has 0 radical (unpaired) electrons. The molecule has 1 aromatic heterocycles. The van der Waals surface area contributed by atoms with Crippen LogP contribution in [0.4, 0.5) is 27.4 Å². The van der Waals surface area contributed by atoms with Crippen LogP contribution < -0.4 is 11.1 Å². The quantitative estimate of drug-likeness (QED) is 0.656. The van der Waals surface area contributed by atoms with Crippen LogP contribution in [0.5, 0.6) is 0 Å². The van der Waals surface area contributed by atoms with Gasteiger partial charge in [-0.1, -0.05) is 0 Å². The van der Waals surface area contributed by atoms with Crippen molar-refractivity contribution in [2.45, 2.75) is 6.92 Å². The lowest BCUT2D eigenvalue weighted by Crippen LogP contribution is -2.05. The van der Waals surface area contributed by atoms with Crippen LogP contribution in [-0.4, -0.2) is 14.9 Å². The summed E-state index contributed by atoms with van der Waals surface area (Å²) in [6.07, 6.45) is 1.11. The van der Waals surface area contributed by atoms with Crippen molar-refractivity contribution in [3.05, 3.63) is 44.4 Å². The fourth-order valence-corrected chi connectivity index (χ4v) is 1.92. The van der Waals surface area contributed by atoms with Crippen LogP contribution in [-0.2, 0) is 0 Å². The number of aromatic nitrogens is 2. The average Bonchev–Trinajstić information content (AvgIpc) is 2.35. The van der Waals surface area contributed by atoms with Crippen LogP contribution in [0.15, 0.2) is 22.9 Å². The lowest BCUT2D eigenvalue weighted by atomic mass is 10.2. The van der Waals surface area contributed by atoms with Crippen molar-refractivity contribution in [1.29, 1.82) is 0 Å². The van der Waals surface area contributed by atoms with Gasteiger partial charge in [-0.3, -0.25) is 10.1 Å². The predicted molar refractivity (Wildman–Crippen MR) is 75.2 cm³/mol. The molecule has 7 nitrogen and oxygen atoms in total. The van der Waals surface area contributed by atoms with Gasteiger partial charge in [0.25, 0.3) is 0 Å². The summed E-state index contributed by atoms with van der Waals surface area (Å²) in [4.78, 5) is 17.7. The highest BCUT2D eigenvalue weighted by atomic mass is 79.9. The van der Waals surface area contributed by atoms with Crippen LogP contribution in [0, 0.1) is 22.9 Å². The molecule has 0 aliphatic carbocycles. The van der Waals surface area contributed by atoms with E-state index in [-0.39, 0.29) is 16.1 Å². The molecule has 0 atom stereocenters. The second-order valence-corrected chi connectivity index (χ2v) is 4.77. The minimum absolute atomic E-state index is 0.0518. The Kier molecular flexibility index (Phi) is 3.79. The molecule has 0 fully saturated rings. The van der Waals surface area contributed by atoms with Gasteiger partial charge in [0.1, 0.15) is 12.1 Å². The number of nitrogens with two attached hydrogens (primary N) is 1. The molecular formula is C11H9BrFN5O2. The monoisotopic (exact) mass is 341 g/mol. The lowest BCUT2D eigenvalue weighted by molar-refractivity contribution is -0.383. The summed E-state index contributed by atoms with van der Waals surface area (Å²) in [5.41, 5.74) is 6.08. The standard InChI is InChI=1S/C11H9BrFN5O2/c1-5-2-7(13)6(12)3-8(5)17-11-9(18(19)20)10(14)15-4-16-11/h2-4H,1H3,(H3,14,15,16,17). The van der Waals surface area contributed by atoms with E-state index in [0.29, 0.717) is 11.3 Å². The van der Waals surface area contributed by atoms with Crippen LogP contribution in [0.2, 0.25) is 0 Å². The summed E-state index contributed by atoms with van der Waals surface area (Å²) in [5, 5.41) is 13.7. The average molecular weight is 342 g/mol. The van der Waals surface area contributed by atoms with E-state index in [1.54, 1.807) is 6.92 Å². The summed E-state index contributed by atoms with van der Waals surface area (Å²) in [5.74, 6) is -0.722. The van der Waals surface area contributed by atoms with Crippen LogP contribution in [0.3, 0.4) is 0 Å². The Morgan fingerprint density at radius 1 is 1.45 bits per heavy atom. The predicted octanol–water partition coefficient (Wildman–Crippen LogP) is 2.92. The number of anilines is 3. The highest BCUT2D eigenvalue weighted by molar-refractivity contribution is 9.10. The van der Waals surface area contributed by atoms with E-state index >= 15 is 0 Å². The Morgan fingerprint density at radius 3 is 2.80 bits per heavy atom. The van der Waals surface area contributed by atoms with Gasteiger partial charge in [0, 0.05) is 5.69 Å². The van der Waals surface area contributed by atoms with Crippen LogP contribution in [0.1, 0.15) is 5.56 Å². The third-order valence-corrected chi connectivity index (χ3v) is 3.16. The molecule has 1 heterocycles. The maximum absolute atomic E-state index is 13.3. The van der Waals surface area contributed by atoms with Gasteiger partial charge in [-0.25, -0.2) is 14.4 Å². The van der Waals surface area contributed by atoms with Crippen molar-refractivity contribution in [3.63, 3.8) is 0 Å². The molecule has 9 heteroatoms. The number of nitrogens with one attached hydrogen (secondary N) is 1. The summed E-state index contributed by atoms with van der Waals surface area (Å²) >= 11 is 3.05. The van der Waals surface area contributed by atoms with Gasteiger partial charge in [-0.2, -0.15) is 0 Å². The van der Waals surface area contributed by atoms with E-state index in [1.165, 1.54) is 12.1 Å². The zero-order valence-electron chi connectivity index (χ0n) is 10.2. The molecule has 0 spiro atoms. The first kappa shape index (κ1) is 14.1. The number of benzene rings is 1. The Hall–Kier alpha value is -2.29. The van der Waals surface area contributed by atoms with Gasteiger partial charge >= 0.3 is 5.69 Å². The molecule has 0 bridgehead atoms. The first-order chi connectivity index (χ1) is 9.40. The van der Waals surface area contributed by atoms with Gasteiger partial charge in [0.05, 0.1) is 9.40 Å². The van der Waals surface area contributed by atoms with E-state index in [2.05, 4.69) is 31.2 Å². The maximum Gasteiger partial charge on any atom is 0.353 e. The molecule has 0 saturated carbocycles. The minimum Gasteiger partial charge on any atom is -0.378 e. The Labute approximate surface area is 121 Å². The maximum atomic E-state index is 13.3. The second kappa shape index (κ2) is 5.37. The number of nitrogens with zero attached hydrogens (tertiary/aromatic N) is 3. The lowest BCUT2D eigenvalue weighted by Gasteiger charge is -2.10. The van der Waals surface area contributed by atoms with E-state index in [0.717, 1.165) is 6.33 Å². The van der Waals surface area contributed by atoms with Crippen molar-refractivity contribution in [2.24, 2.45) is 0 Å². The highest BCUT2D eigenvalue weighted by Crippen LogP contribution is 2.32. The molecule has 2 aromatic rings. The van der Waals surface area contributed by atoms with Crippen LogP contribution >= 0.6 is 15.9 Å². The SMILES string of the molecule is Cc1cc(F)c(Br)cc1Nc1ncnc(N)c1[N+](=O)[O-]. The Morgan fingerprint density at radius 2 is 2.15 bits per heavy atom. The molecule has 0 aliphatic rings. The fourth-order valence-electron chi connectivity index (χ4n) is 1.57. The number of halogens is 2. The highest BCUT2D eigenvalue weighted by Gasteiger charge is 2.21. The zero-order chi connectivity index (χ0) is 14.9. The van der Waals surface area contributed by atoms with E-state index in [1.807, 2.05) is 0 Å². The summed E-state index contributed by atoms with van der Waals surface area (Å²) in [7, 11) is 0. The molecule has 20 heavy (non-hydrogen) atoms. The van der Waals surface area contributed by atoms with Gasteiger partial charge in [-0.05, 0) is 40.5 Å². The van der Waals surface area contributed by atoms with Gasteiger partial charge in [-0.15, -0.1) is 0 Å². The molecule has 0 saturated heterocycles. The van der Waals surface area contributed by atoms with Gasteiger partial charge < -0.3 is 11.1 Å². The normalized spacial score (nSPS) is 10.3. The molecule has 0 amide bonds. The largest absolute Gasteiger partial charge is 0.378 e. The fraction of sp³-hybridized carbons (Fsp3) is 0.0909. The van der Waals surface area contributed by atoms with E-state index in [4.69, 9.17) is 5.73 Å². The number of aryl methyl sites for hydroxylation is 1. The number of nitro groups is 1. The molecule has 3 N–H and O–H groups in total. The molecule has 0 aliphatic heterocycles. The van der Waals surface area contributed by atoms with E-state index in [9.17, 15) is 14.5 Å². The zero-order valence-corrected chi connectivity index (χ0v) is 11.8. The number of nitrogen functional groups attached to an aromatic ring is 1. The van der Waals surface area contributed by atoms with Gasteiger partial charge in [0.15, 0.2) is 0 Å². The second-order valence-electron chi connectivity index (χ2n) is 3.92. The summed E-state index contributed by atoms with van der Waals surface area (Å²) < 4.78 is 13.6. The third kappa shape index (κ3) is 2.67. The Balaban J connectivity index is 2.48. The van der Waals surface area contributed by atoms with E-state index < -0.39 is 16.4 Å². The topological polar surface area (TPSA) is 107 Å². The molecular weight excluding hydrogens is 333 g/mol. The first-order valence-electron chi connectivity index (χ1n) is 5.37. The van der Waals surface area contributed by atoms with Crippen molar-refractivity contribution in [3.8, 4) is 0 Å². The molecule has 2 rings (SSSR count). The molecule has 1 aromatic carbocycles. The van der Waals surface area contributed by atoms with Crippen molar-refractivity contribution < 1.29 is 9.31 Å². The molecule has 0 unspecified atom stereocenters. The van der Waals surface area contributed by atoms with Crippen molar-refractivity contribution >= 4 is 38.9 Å². The van der Waals surface area contributed by atoms with Crippen molar-refractivity contribution in [1.82, 2.24) is 9.97 Å². The van der Waals surface area contributed by atoms with Crippen LogP contribution in [0.25, 0.3) is 0 Å². The third-order valence-electron chi connectivity index (χ3n) is 2.55. The summed E-state index contributed by atoms with van der Waals surface area (Å²) in [6.45, 7) is 1.66.